The number of hydrogen-bond acceptors (Lipinski definition) is 2. The van der Waals surface area contributed by atoms with Crippen molar-refractivity contribution in [3.05, 3.63) is 27.7 Å². The molecular weight excluding hydrogens is 311 g/mol. The molecule has 1 aromatic carbocycles. The standard InChI is InChI=1S/C10H8Cl2F4N2O/c11-5-1-4(2-6(17)7(5)12)8(19)18-3-10(15,16)9(13)14/h1-2,9H,3,17H2,(H,18,19). The number of rotatable bonds is 4. The van der Waals surface area contributed by atoms with Crippen LogP contribution in [0.4, 0.5) is 23.2 Å². The lowest BCUT2D eigenvalue weighted by molar-refractivity contribution is -0.123. The second-order valence-corrected chi connectivity index (χ2v) is 4.39. The molecule has 0 bridgehead atoms. The zero-order valence-electron chi connectivity index (χ0n) is 9.19. The van der Waals surface area contributed by atoms with Gasteiger partial charge in [0.2, 0.25) is 0 Å². The van der Waals surface area contributed by atoms with Crippen LogP contribution in [0.3, 0.4) is 0 Å². The molecular formula is C10H8Cl2F4N2O. The molecule has 0 spiro atoms. The summed E-state index contributed by atoms with van der Waals surface area (Å²) in [5, 5.41) is 1.63. The van der Waals surface area contributed by atoms with Crippen molar-refractivity contribution in [1.29, 1.82) is 0 Å². The fourth-order valence-corrected chi connectivity index (χ4v) is 1.45. The van der Waals surface area contributed by atoms with Gasteiger partial charge in [0.25, 0.3) is 5.91 Å². The first-order valence-corrected chi connectivity index (χ1v) is 5.59. The fraction of sp³-hybridized carbons (Fsp3) is 0.300. The highest BCUT2D eigenvalue weighted by atomic mass is 35.5. The van der Waals surface area contributed by atoms with E-state index in [9.17, 15) is 22.4 Å². The van der Waals surface area contributed by atoms with Crippen LogP contribution in [0.25, 0.3) is 0 Å². The predicted molar refractivity (Wildman–Crippen MR) is 64.2 cm³/mol. The lowest BCUT2D eigenvalue weighted by atomic mass is 10.2. The van der Waals surface area contributed by atoms with Gasteiger partial charge in [-0.05, 0) is 12.1 Å². The van der Waals surface area contributed by atoms with E-state index in [4.69, 9.17) is 28.9 Å². The zero-order chi connectivity index (χ0) is 14.8. The highest BCUT2D eigenvalue weighted by Gasteiger charge is 2.40. The van der Waals surface area contributed by atoms with Crippen LogP contribution in [0.1, 0.15) is 10.4 Å². The molecule has 9 heteroatoms. The van der Waals surface area contributed by atoms with Gasteiger partial charge in [-0.25, -0.2) is 8.78 Å². The Kier molecular flexibility index (Phi) is 4.86. The number of amides is 1. The van der Waals surface area contributed by atoms with Crippen molar-refractivity contribution in [2.75, 3.05) is 12.3 Å². The van der Waals surface area contributed by atoms with Crippen LogP contribution in [0.5, 0.6) is 0 Å². The summed E-state index contributed by atoms with van der Waals surface area (Å²) in [4.78, 5) is 11.5. The number of carbonyl (C=O) groups excluding carboxylic acids is 1. The maximum atomic E-state index is 12.6. The van der Waals surface area contributed by atoms with Gasteiger partial charge < -0.3 is 11.1 Å². The van der Waals surface area contributed by atoms with Crippen LogP contribution < -0.4 is 11.1 Å². The van der Waals surface area contributed by atoms with Gasteiger partial charge in [-0.3, -0.25) is 4.79 Å². The van der Waals surface area contributed by atoms with E-state index in [-0.39, 0.29) is 21.3 Å². The summed E-state index contributed by atoms with van der Waals surface area (Å²) >= 11 is 11.3. The molecule has 106 valence electrons. The van der Waals surface area contributed by atoms with Gasteiger partial charge in [0.15, 0.2) is 0 Å². The summed E-state index contributed by atoms with van der Waals surface area (Å²) in [6, 6.07) is 2.19. The van der Waals surface area contributed by atoms with Gasteiger partial charge in [0, 0.05) is 5.56 Å². The molecule has 0 radical (unpaired) electrons. The Morgan fingerprint density at radius 2 is 1.95 bits per heavy atom. The average Bonchev–Trinajstić information content (AvgIpc) is 2.32. The summed E-state index contributed by atoms with van der Waals surface area (Å²) in [6.45, 7) is -1.50. The Labute approximate surface area is 115 Å². The van der Waals surface area contributed by atoms with E-state index in [1.807, 2.05) is 0 Å². The van der Waals surface area contributed by atoms with Crippen LogP contribution in [0.15, 0.2) is 12.1 Å². The Morgan fingerprint density at radius 3 is 2.42 bits per heavy atom. The molecule has 0 saturated heterocycles. The molecule has 0 aliphatic rings. The summed E-state index contributed by atoms with van der Waals surface area (Å²) in [5.41, 5.74) is 5.24. The van der Waals surface area contributed by atoms with Gasteiger partial charge in [-0.15, -0.1) is 0 Å². The second kappa shape index (κ2) is 5.83. The third kappa shape index (κ3) is 3.87. The van der Waals surface area contributed by atoms with Crippen LogP contribution in [-0.4, -0.2) is 24.8 Å². The first-order chi connectivity index (χ1) is 8.65. The van der Waals surface area contributed by atoms with Gasteiger partial charge in [-0.1, -0.05) is 23.2 Å². The largest absolute Gasteiger partial charge is 0.397 e. The first-order valence-electron chi connectivity index (χ1n) is 4.84. The van der Waals surface area contributed by atoms with Crippen LogP contribution in [0, 0.1) is 0 Å². The molecule has 1 rings (SSSR count). The molecule has 0 aromatic heterocycles. The topological polar surface area (TPSA) is 55.1 Å². The maximum Gasteiger partial charge on any atom is 0.324 e. The first kappa shape index (κ1) is 15.8. The summed E-state index contributed by atoms with van der Waals surface area (Å²) in [5.74, 6) is -5.32. The van der Waals surface area contributed by atoms with Crippen molar-refractivity contribution in [2.24, 2.45) is 0 Å². The number of benzene rings is 1. The Bertz CT molecular complexity index is 473. The van der Waals surface area contributed by atoms with Gasteiger partial charge in [0.05, 0.1) is 22.3 Å². The minimum absolute atomic E-state index is 0.0103. The van der Waals surface area contributed by atoms with Crippen molar-refractivity contribution in [2.45, 2.75) is 12.3 Å². The number of alkyl halides is 4. The quantitative estimate of drug-likeness (QED) is 0.661. The number of nitrogens with two attached hydrogens (primary N) is 1. The minimum atomic E-state index is -4.31. The van der Waals surface area contributed by atoms with Crippen molar-refractivity contribution in [3.8, 4) is 0 Å². The Morgan fingerprint density at radius 1 is 1.37 bits per heavy atom. The number of anilines is 1. The Balaban J connectivity index is 2.80. The van der Waals surface area contributed by atoms with Gasteiger partial charge in [0.1, 0.15) is 0 Å². The molecule has 0 fully saturated rings. The van der Waals surface area contributed by atoms with Crippen molar-refractivity contribution >= 4 is 34.8 Å². The van der Waals surface area contributed by atoms with Crippen molar-refractivity contribution in [3.63, 3.8) is 0 Å². The molecule has 0 saturated carbocycles. The molecule has 0 unspecified atom stereocenters. The molecule has 0 aliphatic heterocycles. The van der Waals surface area contributed by atoms with Crippen LogP contribution in [-0.2, 0) is 0 Å². The maximum absolute atomic E-state index is 12.6. The molecule has 3 N–H and O–H groups in total. The molecule has 0 atom stereocenters. The molecule has 1 aromatic rings. The summed E-state index contributed by atoms with van der Waals surface area (Å²) in [6.07, 6.45) is -3.87. The van der Waals surface area contributed by atoms with E-state index in [0.717, 1.165) is 12.1 Å². The van der Waals surface area contributed by atoms with E-state index < -0.39 is 24.8 Å². The monoisotopic (exact) mass is 318 g/mol. The molecule has 0 aliphatic carbocycles. The molecule has 1 amide bonds. The van der Waals surface area contributed by atoms with Crippen LogP contribution in [0.2, 0.25) is 10.0 Å². The third-order valence-corrected chi connectivity index (χ3v) is 2.94. The Hall–Kier alpha value is -1.21. The molecule has 3 nitrogen and oxygen atoms in total. The minimum Gasteiger partial charge on any atom is -0.397 e. The highest BCUT2D eigenvalue weighted by molar-refractivity contribution is 6.43. The van der Waals surface area contributed by atoms with Crippen molar-refractivity contribution in [1.82, 2.24) is 5.32 Å². The van der Waals surface area contributed by atoms with Gasteiger partial charge >= 0.3 is 12.3 Å². The number of nitrogens with one attached hydrogen (secondary N) is 1. The normalized spacial score (nSPS) is 11.7. The molecule has 0 heterocycles. The SMILES string of the molecule is Nc1cc(C(=O)NCC(F)(F)C(F)F)cc(Cl)c1Cl. The number of carbonyl (C=O) groups is 1. The number of hydrogen-bond donors (Lipinski definition) is 2. The number of nitrogen functional groups attached to an aromatic ring is 1. The van der Waals surface area contributed by atoms with E-state index in [2.05, 4.69) is 0 Å². The lowest BCUT2D eigenvalue weighted by Crippen LogP contribution is -2.41. The highest BCUT2D eigenvalue weighted by Crippen LogP contribution is 2.29. The molecule has 19 heavy (non-hydrogen) atoms. The lowest BCUT2D eigenvalue weighted by Gasteiger charge is -2.16. The van der Waals surface area contributed by atoms with E-state index in [1.54, 1.807) is 5.32 Å². The fourth-order valence-electron chi connectivity index (χ4n) is 1.12. The van der Waals surface area contributed by atoms with E-state index in [0.29, 0.717) is 0 Å². The second-order valence-electron chi connectivity index (χ2n) is 3.61. The average molecular weight is 319 g/mol. The van der Waals surface area contributed by atoms with E-state index in [1.165, 1.54) is 0 Å². The summed E-state index contributed by atoms with van der Waals surface area (Å²) in [7, 11) is 0. The third-order valence-electron chi connectivity index (χ3n) is 2.12. The number of halogens is 6. The smallest absolute Gasteiger partial charge is 0.324 e. The zero-order valence-corrected chi connectivity index (χ0v) is 10.7. The van der Waals surface area contributed by atoms with Gasteiger partial charge in [-0.2, -0.15) is 8.78 Å². The van der Waals surface area contributed by atoms with E-state index >= 15 is 0 Å². The van der Waals surface area contributed by atoms with Crippen molar-refractivity contribution < 1.29 is 22.4 Å². The predicted octanol–water partition coefficient (Wildman–Crippen LogP) is 3.21. The van der Waals surface area contributed by atoms with Crippen LogP contribution >= 0.6 is 23.2 Å². The summed E-state index contributed by atoms with van der Waals surface area (Å²) < 4.78 is 49.0.